The van der Waals surface area contributed by atoms with Gasteiger partial charge in [0.25, 0.3) is 0 Å². The van der Waals surface area contributed by atoms with Crippen LogP contribution in [0.15, 0.2) is 0 Å². The van der Waals surface area contributed by atoms with Gasteiger partial charge in [0.05, 0.1) is 0 Å². The van der Waals surface area contributed by atoms with Crippen molar-refractivity contribution in [1.82, 2.24) is 5.32 Å². The second-order valence-corrected chi connectivity index (χ2v) is 4.43. The first-order chi connectivity index (χ1) is 5.35. The van der Waals surface area contributed by atoms with Crippen molar-refractivity contribution in [2.75, 3.05) is 13.1 Å². The van der Waals surface area contributed by atoms with Gasteiger partial charge < -0.3 is 5.32 Å². The molecule has 0 bridgehead atoms. The third-order valence-corrected chi connectivity index (χ3v) is 3.52. The van der Waals surface area contributed by atoms with Gasteiger partial charge in [-0.3, -0.25) is 0 Å². The Labute approximate surface area is 69.6 Å². The molecule has 1 heterocycles. The van der Waals surface area contributed by atoms with E-state index in [4.69, 9.17) is 0 Å². The van der Waals surface area contributed by atoms with Gasteiger partial charge in [0.1, 0.15) is 0 Å². The summed E-state index contributed by atoms with van der Waals surface area (Å²) in [6, 6.07) is 0. The summed E-state index contributed by atoms with van der Waals surface area (Å²) in [6.45, 7) is 4.88. The highest BCUT2D eigenvalue weighted by atomic mass is 14.9. The van der Waals surface area contributed by atoms with Crippen LogP contribution in [0.25, 0.3) is 0 Å². The van der Waals surface area contributed by atoms with Crippen LogP contribution in [-0.2, 0) is 0 Å². The van der Waals surface area contributed by atoms with Gasteiger partial charge in [-0.1, -0.05) is 13.3 Å². The molecule has 11 heavy (non-hydrogen) atoms. The molecule has 0 amide bonds. The molecule has 64 valence electrons. The lowest BCUT2D eigenvalue weighted by molar-refractivity contribution is 0.364. The van der Waals surface area contributed by atoms with Crippen molar-refractivity contribution < 1.29 is 0 Å². The average molecular weight is 153 g/mol. The van der Waals surface area contributed by atoms with Crippen molar-refractivity contribution >= 4 is 0 Å². The second kappa shape index (κ2) is 2.78. The second-order valence-electron chi connectivity index (χ2n) is 4.43. The molecule has 0 aromatic rings. The summed E-state index contributed by atoms with van der Waals surface area (Å²) >= 11 is 0. The fourth-order valence-corrected chi connectivity index (χ4v) is 2.37. The number of rotatable bonds is 1. The SMILES string of the molecule is CCC1CNCCC2(CC2)C1. The van der Waals surface area contributed by atoms with Gasteiger partial charge in [-0.25, -0.2) is 0 Å². The van der Waals surface area contributed by atoms with E-state index in [0.717, 1.165) is 11.3 Å². The normalized spacial score (nSPS) is 35.2. The highest BCUT2D eigenvalue weighted by Gasteiger charge is 2.43. The molecule has 1 nitrogen and oxygen atoms in total. The Kier molecular flexibility index (Phi) is 1.92. The first-order valence-corrected chi connectivity index (χ1v) is 5.05. The molecule has 0 aromatic carbocycles. The highest BCUT2D eigenvalue weighted by molar-refractivity contribution is 4.96. The third-order valence-electron chi connectivity index (χ3n) is 3.52. The van der Waals surface area contributed by atoms with Crippen LogP contribution in [0, 0.1) is 11.3 Å². The third kappa shape index (κ3) is 1.58. The van der Waals surface area contributed by atoms with Crippen molar-refractivity contribution in [3.8, 4) is 0 Å². The molecule has 1 atom stereocenters. The van der Waals surface area contributed by atoms with Crippen LogP contribution in [0.3, 0.4) is 0 Å². The van der Waals surface area contributed by atoms with Crippen molar-refractivity contribution in [2.24, 2.45) is 11.3 Å². The molecule has 1 unspecified atom stereocenters. The molecule has 2 aliphatic rings. The minimum absolute atomic E-state index is 0.824. The largest absolute Gasteiger partial charge is 0.316 e. The summed E-state index contributed by atoms with van der Waals surface area (Å²) in [5, 5.41) is 3.54. The summed E-state index contributed by atoms with van der Waals surface area (Å²) in [6.07, 6.45) is 7.37. The molecular formula is C10H19N. The summed E-state index contributed by atoms with van der Waals surface area (Å²) in [4.78, 5) is 0. The molecule has 1 heteroatoms. The smallest absolute Gasteiger partial charge is 0.00204 e. The summed E-state index contributed by atoms with van der Waals surface area (Å²) < 4.78 is 0. The first-order valence-electron chi connectivity index (χ1n) is 5.05. The van der Waals surface area contributed by atoms with Crippen molar-refractivity contribution in [2.45, 2.75) is 39.0 Å². The zero-order chi connectivity index (χ0) is 7.73. The predicted octanol–water partition coefficient (Wildman–Crippen LogP) is 2.18. The van der Waals surface area contributed by atoms with Gasteiger partial charge in [0.2, 0.25) is 0 Å². The Morgan fingerprint density at radius 3 is 2.82 bits per heavy atom. The predicted molar refractivity (Wildman–Crippen MR) is 47.6 cm³/mol. The van der Waals surface area contributed by atoms with Gasteiger partial charge >= 0.3 is 0 Å². The van der Waals surface area contributed by atoms with Gasteiger partial charge in [0, 0.05) is 0 Å². The Morgan fingerprint density at radius 1 is 1.36 bits per heavy atom. The average Bonchev–Trinajstić information content (AvgIpc) is 2.80. The maximum absolute atomic E-state index is 3.54. The van der Waals surface area contributed by atoms with Crippen LogP contribution < -0.4 is 5.32 Å². The molecular weight excluding hydrogens is 134 g/mol. The van der Waals surface area contributed by atoms with Crippen LogP contribution in [-0.4, -0.2) is 13.1 Å². The van der Waals surface area contributed by atoms with E-state index in [1.807, 2.05) is 0 Å². The van der Waals surface area contributed by atoms with Crippen molar-refractivity contribution in [3.63, 3.8) is 0 Å². The highest BCUT2D eigenvalue weighted by Crippen LogP contribution is 2.54. The summed E-state index contributed by atoms with van der Waals surface area (Å²) in [7, 11) is 0. The van der Waals surface area contributed by atoms with E-state index in [9.17, 15) is 0 Å². The standard InChI is InChI=1S/C10H19N/c1-2-9-7-10(3-4-10)5-6-11-8-9/h9,11H,2-8H2,1H3. The van der Waals surface area contributed by atoms with Crippen LogP contribution in [0.1, 0.15) is 39.0 Å². The van der Waals surface area contributed by atoms with E-state index in [1.54, 1.807) is 0 Å². The van der Waals surface area contributed by atoms with E-state index in [1.165, 1.54) is 45.2 Å². The van der Waals surface area contributed by atoms with Crippen molar-refractivity contribution in [3.05, 3.63) is 0 Å². The van der Waals surface area contributed by atoms with Gasteiger partial charge in [0.15, 0.2) is 0 Å². The van der Waals surface area contributed by atoms with E-state index >= 15 is 0 Å². The van der Waals surface area contributed by atoms with Gasteiger partial charge in [-0.2, -0.15) is 0 Å². The molecule has 2 rings (SSSR count). The molecule has 2 fully saturated rings. The molecule has 1 aliphatic carbocycles. The maximum Gasteiger partial charge on any atom is -0.00204 e. The Balaban J connectivity index is 1.94. The Hall–Kier alpha value is -0.0400. The summed E-state index contributed by atoms with van der Waals surface area (Å²) in [5.41, 5.74) is 0.824. The fourth-order valence-electron chi connectivity index (χ4n) is 2.37. The molecule has 0 aromatic heterocycles. The molecule has 1 aliphatic heterocycles. The number of hydrogen-bond donors (Lipinski definition) is 1. The molecule has 1 N–H and O–H groups in total. The minimum atomic E-state index is 0.824. The van der Waals surface area contributed by atoms with Crippen molar-refractivity contribution in [1.29, 1.82) is 0 Å². The number of hydrogen-bond acceptors (Lipinski definition) is 1. The van der Waals surface area contributed by atoms with E-state index in [-0.39, 0.29) is 0 Å². The quantitative estimate of drug-likeness (QED) is 0.609. The minimum Gasteiger partial charge on any atom is -0.316 e. The molecule has 1 saturated carbocycles. The molecule has 0 radical (unpaired) electrons. The van der Waals surface area contributed by atoms with Crippen LogP contribution in [0.2, 0.25) is 0 Å². The van der Waals surface area contributed by atoms with Gasteiger partial charge in [-0.05, 0) is 50.1 Å². The molecule has 1 saturated heterocycles. The topological polar surface area (TPSA) is 12.0 Å². The first kappa shape index (κ1) is 7.60. The van der Waals surface area contributed by atoms with Crippen LogP contribution in [0.5, 0.6) is 0 Å². The zero-order valence-electron chi connectivity index (χ0n) is 7.53. The monoisotopic (exact) mass is 153 g/mol. The Morgan fingerprint density at radius 2 is 2.18 bits per heavy atom. The lowest BCUT2D eigenvalue weighted by Gasteiger charge is -2.16. The van der Waals surface area contributed by atoms with Gasteiger partial charge in [-0.15, -0.1) is 0 Å². The maximum atomic E-state index is 3.54. The lowest BCUT2D eigenvalue weighted by atomic mass is 9.89. The Bertz CT molecular complexity index is 138. The lowest BCUT2D eigenvalue weighted by Crippen LogP contribution is -2.19. The fraction of sp³-hybridized carbons (Fsp3) is 1.00. The van der Waals surface area contributed by atoms with Crippen LogP contribution >= 0.6 is 0 Å². The zero-order valence-corrected chi connectivity index (χ0v) is 7.53. The van der Waals surface area contributed by atoms with E-state index in [2.05, 4.69) is 12.2 Å². The van der Waals surface area contributed by atoms with E-state index in [0.29, 0.717) is 0 Å². The van der Waals surface area contributed by atoms with Crippen LogP contribution in [0.4, 0.5) is 0 Å². The molecule has 1 spiro atoms. The van der Waals surface area contributed by atoms with E-state index < -0.39 is 0 Å². The summed E-state index contributed by atoms with van der Waals surface area (Å²) in [5.74, 6) is 0.972. The number of nitrogens with one attached hydrogen (secondary N) is 1.